The summed E-state index contributed by atoms with van der Waals surface area (Å²) in [5.41, 5.74) is -3.88. The first-order chi connectivity index (χ1) is 21.8. The molecule has 0 unspecified atom stereocenters. The van der Waals surface area contributed by atoms with Crippen LogP contribution in [0.15, 0.2) is 60.7 Å². The van der Waals surface area contributed by atoms with Crippen molar-refractivity contribution in [3.63, 3.8) is 0 Å². The maximum absolute atomic E-state index is 13.8. The third-order valence-electron chi connectivity index (χ3n) is 6.28. The quantitative estimate of drug-likeness (QED) is 0.115. The van der Waals surface area contributed by atoms with Gasteiger partial charge in [-0.1, -0.05) is 12.1 Å². The summed E-state index contributed by atoms with van der Waals surface area (Å²) in [7, 11) is 1.28. The maximum Gasteiger partial charge on any atom is 0.419 e. The molecule has 0 saturated carbocycles. The molecule has 0 aliphatic carbocycles. The third kappa shape index (κ3) is 8.47. The highest BCUT2D eigenvalue weighted by Gasteiger charge is 2.35. The van der Waals surface area contributed by atoms with Gasteiger partial charge in [-0.3, -0.25) is 9.59 Å². The largest absolute Gasteiger partial charge is 0.496 e. The Morgan fingerprint density at radius 1 is 0.830 bits per heavy atom. The normalized spacial score (nSPS) is 12.3. The minimum atomic E-state index is -5.08. The van der Waals surface area contributed by atoms with Gasteiger partial charge < -0.3 is 20.1 Å². The number of methoxy groups -OCH3 is 1. The fourth-order valence-electron chi connectivity index (χ4n) is 4.25. The van der Waals surface area contributed by atoms with E-state index in [0.29, 0.717) is 29.0 Å². The Labute approximate surface area is 267 Å². The second-order valence-corrected chi connectivity index (χ2v) is 12.0. The molecule has 0 radical (unpaired) electrons. The molecular weight excluding hydrogens is 657 g/mol. The van der Waals surface area contributed by atoms with Crippen molar-refractivity contribution < 1.29 is 54.6 Å². The molecule has 248 valence electrons. The van der Waals surface area contributed by atoms with E-state index in [0.717, 1.165) is 30.3 Å². The molecule has 47 heavy (non-hydrogen) atoms. The van der Waals surface area contributed by atoms with E-state index in [1.165, 1.54) is 31.4 Å². The Kier molecular flexibility index (Phi) is 9.71. The summed E-state index contributed by atoms with van der Waals surface area (Å²) >= 11 is 0.544. The van der Waals surface area contributed by atoms with Crippen molar-refractivity contribution in [2.24, 2.45) is 0 Å². The average molecular weight is 683 g/mol. The van der Waals surface area contributed by atoms with Crippen molar-refractivity contribution in [1.82, 2.24) is 0 Å². The van der Waals surface area contributed by atoms with Crippen molar-refractivity contribution >= 4 is 56.7 Å². The van der Waals surface area contributed by atoms with E-state index in [4.69, 9.17) is 9.47 Å². The lowest BCUT2D eigenvalue weighted by molar-refractivity contribution is -0.148. The van der Waals surface area contributed by atoms with Gasteiger partial charge in [-0.05, 0) is 74.9 Å². The van der Waals surface area contributed by atoms with Crippen molar-refractivity contribution in [2.45, 2.75) is 38.7 Å². The fourth-order valence-corrected chi connectivity index (χ4v) is 5.35. The molecule has 3 aromatic carbocycles. The number of rotatable bonds is 7. The molecule has 1 aromatic heterocycles. The van der Waals surface area contributed by atoms with E-state index in [2.05, 4.69) is 10.6 Å². The Hall–Kier alpha value is -4.92. The molecule has 0 bridgehead atoms. The monoisotopic (exact) mass is 682 g/mol. The van der Waals surface area contributed by atoms with Crippen LogP contribution in [0.5, 0.6) is 5.75 Å². The van der Waals surface area contributed by atoms with Gasteiger partial charge in [0.05, 0.1) is 29.5 Å². The lowest BCUT2D eigenvalue weighted by Gasteiger charge is -2.17. The summed E-state index contributed by atoms with van der Waals surface area (Å²) in [6.45, 7) is 5.04. The zero-order valence-corrected chi connectivity index (χ0v) is 25.8. The van der Waals surface area contributed by atoms with Gasteiger partial charge in [-0.25, -0.2) is 9.18 Å². The first kappa shape index (κ1) is 34.9. The van der Waals surface area contributed by atoms with Gasteiger partial charge in [0.15, 0.2) is 0 Å². The van der Waals surface area contributed by atoms with Gasteiger partial charge in [-0.2, -0.15) is 26.3 Å². The van der Waals surface area contributed by atoms with Crippen molar-refractivity contribution in [3.8, 4) is 5.75 Å². The van der Waals surface area contributed by atoms with Crippen LogP contribution in [0.2, 0.25) is 0 Å². The Balaban J connectivity index is 1.74. The first-order valence-electron chi connectivity index (χ1n) is 13.5. The predicted octanol–water partition coefficient (Wildman–Crippen LogP) is 8.95. The van der Waals surface area contributed by atoms with Gasteiger partial charge in [-0.15, -0.1) is 11.3 Å². The number of esters is 1. The highest BCUT2D eigenvalue weighted by molar-refractivity contribution is 7.21. The van der Waals surface area contributed by atoms with E-state index in [9.17, 15) is 45.1 Å². The third-order valence-corrected chi connectivity index (χ3v) is 7.43. The van der Waals surface area contributed by atoms with E-state index in [1.807, 2.05) is 0 Å². The highest BCUT2D eigenvalue weighted by Crippen LogP contribution is 2.41. The summed E-state index contributed by atoms with van der Waals surface area (Å²) in [6.07, 6.45) is -7.31. The van der Waals surface area contributed by atoms with E-state index >= 15 is 0 Å². The van der Waals surface area contributed by atoms with Crippen LogP contribution in [0.4, 0.5) is 42.1 Å². The molecule has 7 nitrogen and oxygen atoms in total. The van der Waals surface area contributed by atoms with Crippen LogP contribution in [-0.2, 0) is 21.9 Å². The van der Waals surface area contributed by atoms with Gasteiger partial charge in [0.25, 0.3) is 11.8 Å². The summed E-state index contributed by atoms with van der Waals surface area (Å²) in [6, 6.07) is 8.58. The van der Waals surface area contributed by atoms with Crippen LogP contribution in [0.1, 0.15) is 57.5 Å². The molecule has 0 aliphatic rings. The average Bonchev–Trinajstić information content (AvgIpc) is 3.32. The summed E-state index contributed by atoms with van der Waals surface area (Å²) in [5.74, 6) is -4.13. The summed E-state index contributed by atoms with van der Waals surface area (Å²) in [4.78, 5) is 38.7. The van der Waals surface area contributed by atoms with Crippen LogP contribution in [0.25, 0.3) is 16.2 Å². The number of benzene rings is 3. The maximum atomic E-state index is 13.8. The molecule has 4 aromatic rings. The van der Waals surface area contributed by atoms with E-state index < -0.39 is 58.4 Å². The zero-order valence-electron chi connectivity index (χ0n) is 24.9. The van der Waals surface area contributed by atoms with Crippen molar-refractivity contribution in [1.29, 1.82) is 0 Å². The smallest absolute Gasteiger partial charge is 0.419 e. The molecule has 1 heterocycles. The molecule has 2 N–H and O–H groups in total. The Bertz CT molecular complexity index is 1890. The number of amides is 2. The van der Waals surface area contributed by atoms with Crippen molar-refractivity contribution in [3.05, 3.63) is 93.6 Å². The molecule has 0 fully saturated rings. The van der Waals surface area contributed by atoms with E-state index in [1.54, 1.807) is 20.8 Å². The van der Waals surface area contributed by atoms with Gasteiger partial charge in [0.1, 0.15) is 22.0 Å². The minimum Gasteiger partial charge on any atom is -0.496 e. The standard InChI is InChI=1S/C32H25F7N2O5S/c1-30(2,3)46-25(42)12-6-16-5-11-23(45-4)20(13-16)28(43)41-26-19-9-7-17(31(34,35)36)14-24(19)47-27(26)29(44)40-18-8-10-22(33)21(15-18)32(37,38)39/h5-15H,1-4H3,(H,40,44)(H,41,43)/b12-6-. The van der Waals surface area contributed by atoms with Crippen LogP contribution in [0.3, 0.4) is 0 Å². The fraction of sp³-hybridized carbons (Fsp3) is 0.219. The lowest BCUT2D eigenvalue weighted by atomic mass is 10.1. The number of carbonyl (C=O) groups is 3. The Morgan fingerprint density at radius 3 is 2.15 bits per heavy atom. The number of halogens is 7. The summed E-state index contributed by atoms with van der Waals surface area (Å²) in [5, 5.41) is 4.72. The van der Waals surface area contributed by atoms with Crippen LogP contribution < -0.4 is 15.4 Å². The number of ether oxygens (including phenoxy) is 2. The number of thiophene rings is 1. The summed E-state index contributed by atoms with van der Waals surface area (Å²) < 4.78 is 104. The molecule has 0 atom stereocenters. The molecule has 0 spiro atoms. The van der Waals surface area contributed by atoms with Crippen molar-refractivity contribution in [2.75, 3.05) is 17.7 Å². The second-order valence-electron chi connectivity index (χ2n) is 10.9. The number of hydrogen-bond acceptors (Lipinski definition) is 6. The topological polar surface area (TPSA) is 93.7 Å². The van der Waals surface area contributed by atoms with Crippen LogP contribution >= 0.6 is 11.3 Å². The SMILES string of the molecule is COc1ccc(/C=C\C(=O)OC(C)(C)C)cc1C(=O)Nc1c(C(=O)Nc2ccc(F)c(C(F)(F)F)c2)sc2cc(C(F)(F)F)ccc12. The molecule has 4 rings (SSSR count). The molecule has 2 amide bonds. The minimum absolute atomic E-state index is 0.0246. The zero-order chi connectivity index (χ0) is 34.9. The number of anilines is 2. The van der Waals surface area contributed by atoms with Gasteiger partial charge >= 0.3 is 18.3 Å². The highest BCUT2D eigenvalue weighted by atomic mass is 32.1. The lowest BCUT2D eigenvalue weighted by Crippen LogP contribution is -2.22. The molecule has 0 aliphatic heterocycles. The first-order valence-corrected chi connectivity index (χ1v) is 14.3. The molecular formula is C32H25F7N2O5S. The second kappa shape index (κ2) is 13.1. The number of fused-ring (bicyclic) bond motifs is 1. The number of nitrogens with one attached hydrogen (secondary N) is 2. The molecule has 15 heteroatoms. The number of carbonyl (C=O) groups excluding carboxylic acids is 3. The van der Waals surface area contributed by atoms with Crippen LogP contribution in [-0.4, -0.2) is 30.5 Å². The van der Waals surface area contributed by atoms with Crippen LogP contribution in [0, 0.1) is 5.82 Å². The van der Waals surface area contributed by atoms with E-state index in [-0.39, 0.29) is 32.0 Å². The van der Waals surface area contributed by atoms with Gasteiger partial charge in [0.2, 0.25) is 0 Å². The molecule has 0 saturated heterocycles. The van der Waals surface area contributed by atoms with Gasteiger partial charge in [0, 0.05) is 21.8 Å². The number of alkyl halides is 6. The predicted molar refractivity (Wildman–Crippen MR) is 162 cm³/mol. The Morgan fingerprint density at radius 2 is 1.53 bits per heavy atom. The number of hydrogen-bond donors (Lipinski definition) is 2.